The SMILES string of the molecule is Cc1cc(=O)n(Cc2ccccc2F)c2cc(OCC(=O)NCCN3CCCC3)ccc12. The Hall–Kier alpha value is -3.19. The first kappa shape index (κ1) is 22.0. The van der Waals surface area contributed by atoms with Crippen LogP contribution in [-0.4, -0.2) is 48.2 Å². The van der Waals surface area contributed by atoms with Crippen molar-refractivity contribution in [1.29, 1.82) is 0 Å². The lowest BCUT2D eigenvalue weighted by atomic mass is 10.1. The molecule has 0 aliphatic carbocycles. The monoisotopic (exact) mass is 437 g/mol. The van der Waals surface area contributed by atoms with Gasteiger partial charge >= 0.3 is 0 Å². The molecular weight excluding hydrogens is 409 g/mol. The number of nitrogens with zero attached hydrogens (tertiary/aromatic N) is 2. The number of hydrogen-bond acceptors (Lipinski definition) is 4. The van der Waals surface area contributed by atoms with E-state index in [0.717, 1.165) is 30.6 Å². The predicted octanol–water partition coefficient (Wildman–Crippen LogP) is 3.09. The summed E-state index contributed by atoms with van der Waals surface area (Å²) in [6, 6.07) is 13.4. The second-order valence-corrected chi connectivity index (χ2v) is 8.21. The summed E-state index contributed by atoms with van der Waals surface area (Å²) in [4.78, 5) is 27.2. The zero-order valence-electron chi connectivity index (χ0n) is 18.3. The first-order chi connectivity index (χ1) is 15.5. The Bertz CT molecular complexity index is 1170. The van der Waals surface area contributed by atoms with Gasteiger partial charge in [0, 0.05) is 36.2 Å². The molecule has 1 N–H and O–H groups in total. The summed E-state index contributed by atoms with van der Waals surface area (Å²) in [5, 5.41) is 3.76. The molecule has 1 saturated heterocycles. The molecule has 0 unspecified atom stereocenters. The van der Waals surface area contributed by atoms with Crippen molar-refractivity contribution >= 4 is 16.8 Å². The molecule has 2 heterocycles. The van der Waals surface area contributed by atoms with E-state index in [2.05, 4.69) is 10.2 Å². The van der Waals surface area contributed by atoms with E-state index >= 15 is 0 Å². The number of amides is 1. The van der Waals surface area contributed by atoms with E-state index in [-0.39, 0.29) is 30.4 Å². The minimum absolute atomic E-state index is 0.102. The first-order valence-electron chi connectivity index (χ1n) is 11.0. The van der Waals surface area contributed by atoms with Crippen LogP contribution in [0, 0.1) is 12.7 Å². The highest BCUT2D eigenvalue weighted by Gasteiger charge is 2.13. The number of pyridine rings is 1. The van der Waals surface area contributed by atoms with Gasteiger partial charge in [-0.3, -0.25) is 9.59 Å². The van der Waals surface area contributed by atoms with Gasteiger partial charge in [-0.05, 0) is 56.6 Å². The minimum Gasteiger partial charge on any atom is -0.484 e. The molecule has 7 heteroatoms. The lowest BCUT2D eigenvalue weighted by molar-refractivity contribution is -0.123. The zero-order chi connectivity index (χ0) is 22.5. The van der Waals surface area contributed by atoms with Crippen LogP contribution < -0.4 is 15.6 Å². The van der Waals surface area contributed by atoms with Gasteiger partial charge in [-0.2, -0.15) is 0 Å². The van der Waals surface area contributed by atoms with Crippen molar-refractivity contribution in [2.45, 2.75) is 26.3 Å². The molecule has 3 aromatic rings. The Morgan fingerprint density at radius 3 is 2.69 bits per heavy atom. The van der Waals surface area contributed by atoms with Crippen LogP contribution in [0.1, 0.15) is 24.0 Å². The molecule has 1 aromatic heterocycles. The van der Waals surface area contributed by atoms with Crippen molar-refractivity contribution in [3.63, 3.8) is 0 Å². The lowest BCUT2D eigenvalue weighted by Crippen LogP contribution is -2.35. The van der Waals surface area contributed by atoms with Crippen molar-refractivity contribution in [3.05, 3.63) is 75.8 Å². The summed E-state index contributed by atoms with van der Waals surface area (Å²) in [7, 11) is 0. The minimum atomic E-state index is -0.355. The number of carbonyl (C=O) groups excluding carboxylic acids is 1. The van der Waals surface area contributed by atoms with E-state index in [9.17, 15) is 14.0 Å². The number of likely N-dealkylation sites (tertiary alicyclic amines) is 1. The van der Waals surface area contributed by atoms with Crippen molar-refractivity contribution in [1.82, 2.24) is 14.8 Å². The maximum atomic E-state index is 14.2. The van der Waals surface area contributed by atoms with Crippen molar-refractivity contribution in [2.75, 3.05) is 32.8 Å². The van der Waals surface area contributed by atoms with E-state index in [0.29, 0.717) is 23.4 Å². The second kappa shape index (κ2) is 9.96. The third-order valence-electron chi connectivity index (χ3n) is 5.90. The largest absolute Gasteiger partial charge is 0.484 e. The molecule has 32 heavy (non-hydrogen) atoms. The number of aryl methyl sites for hydroxylation is 1. The number of carbonyl (C=O) groups is 1. The molecule has 0 atom stereocenters. The molecule has 0 spiro atoms. The number of halogens is 1. The maximum absolute atomic E-state index is 14.2. The number of benzene rings is 2. The van der Waals surface area contributed by atoms with Crippen LogP contribution in [0.2, 0.25) is 0 Å². The number of hydrogen-bond donors (Lipinski definition) is 1. The van der Waals surface area contributed by atoms with Gasteiger partial charge in [-0.1, -0.05) is 18.2 Å². The Morgan fingerprint density at radius 2 is 1.91 bits per heavy atom. The molecule has 4 rings (SSSR count). The van der Waals surface area contributed by atoms with Crippen molar-refractivity contribution in [2.24, 2.45) is 0 Å². The van der Waals surface area contributed by atoms with Gasteiger partial charge in [0.1, 0.15) is 11.6 Å². The van der Waals surface area contributed by atoms with Crippen molar-refractivity contribution in [3.8, 4) is 5.75 Å². The van der Waals surface area contributed by atoms with E-state index in [1.807, 2.05) is 13.0 Å². The number of aromatic nitrogens is 1. The molecule has 6 nitrogen and oxygen atoms in total. The van der Waals surface area contributed by atoms with Crippen LogP contribution in [0.5, 0.6) is 5.75 Å². The van der Waals surface area contributed by atoms with Gasteiger partial charge in [0.05, 0.1) is 12.1 Å². The summed E-state index contributed by atoms with van der Waals surface area (Å²) in [5.41, 5.74) is 1.70. The summed E-state index contributed by atoms with van der Waals surface area (Å²) in [6.07, 6.45) is 2.45. The topological polar surface area (TPSA) is 63.6 Å². The average Bonchev–Trinajstić information content (AvgIpc) is 3.30. The Morgan fingerprint density at radius 1 is 1.12 bits per heavy atom. The van der Waals surface area contributed by atoms with Crippen LogP contribution in [-0.2, 0) is 11.3 Å². The highest BCUT2D eigenvalue weighted by molar-refractivity contribution is 5.84. The number of fused-ring (bicyclic) bond motifs is 1. The van der Waals surface area contributed by atoms with E-state index in [1.54, 1.807) is 36.4 Å². The molecule has 0 bridgehead atoms. The molecule has 0 saturated carbocycles. The van der Waals surface area contributed by atoms with E-state index in [1.165, 1.54) is 23.5 Å². The van der Waals surface area contributed by atoms with Gasteiger partial charge in [-0.15, -0.1) is 0 Å². The second-order valence-electron chi connectivity index (χ2n) is 8.21. The molecular formula is C25H28FN3O3. The number of rotatable bonds is 8. The smallest absolute Gasteiger partial charge is 0.257 e. The maximum Gasteiger partial charge on any atom is 0.257 e. The molecule has 1 amide bonds. The Kier molecular flexibility index (Phi) is 6.85. The number of ether oxygens (including phenoxy) is 1. The fourth-order valence-electron chi connectivity index (χ4n) is 4.14. The highest BCUT2D eigenvalue weighted by Crippen LogP contribution is 2.23. The summed E-state index contributed by atoms with van der Waals surface area (Å²) in [5.74, 6) is -0.0529. The first-order valence-corrected chi connectivity index (χ1v) is 11.0. The van der Waals surface area contributed by atoms with Gasteiger partial charge in [-0.25, -0.2) is 4.39 Å². The third-order valence-corrected chi connectivity index (χ3v) is 5.90. The normalized spacial score (nSPS) is 14.1. The fraction of sp³-hybridized carbons (Fsp3) is 0.360. The molecule has 2 aromatic carbocycles. The molecule has 1 fully saturated rings. The van der Waals surface area contributed by atoms with Gasteiger partial charge < -0.3 is 19.5 Å². The Balaban J connectivity index is 1.47. The van der Waals surface area contributed by atoms with Gasteiger partial charge in [0.2, 0.25) is 0 Å². The zero-order valence-corrected chi connectivity index (χ0v) is 18.3. The fourth-order valence-corrected chi connectivity index (χ4v) is 4.14. The molecule has 168 valence electrons. The van der Waals surface area contributed by atoms with Crippen LogP contribution in [0.25, 0.3) is 10.9 Å². The average molecular weight is 438 g/mol. The van der Waals surface area contributed by atoms with Gasteiger partial charge in [0.15, 0.2) is 6.61 Å². The standard InChI is InChI=1S/C25H28FN3O3/c1-18-14-25(31)29(16-19-6-2-3-7-22(19)26)23-15-20(8-9-21(18)23)32-17-24(30)27-10-13-28-11-4-5-12-28/h2-3,6-9,14-15H,4-5,10-13,16-17H2,1H3,(H,27,30). The van der Waals surface area contributed by atoms with Crippen LogP contribution >= 0.6 is 0 Å². The van der Waals surface area contributed by atoms with Crippen LogP contribution in [0.4, 0.5) is 4.39 Å². The number of nitrogens with one attached hydrogen (secondary N) is 1. The van der Waals surface area contributed by atoms with Gasteiger partial charge in [0.25, 0.3) is 11.5 Å². The predicted molar refractivity (Wildman–Crippen MR) is 123 cm³/mol. The molecule has 0 radical (unpaired) electrons. The molecule has 1 aliphatic heterocycles. The third kappa shape index (κ3) is 5.16. The van der Waals surface area contributed by atoms with E-state index in [4.69, 9.17) is 4.74 Å². The van der Waals surface area contributed by atoms with Crippen molar-refractivity contribution < 1.29 is 13.9 Å². The van der Waals surface area contributed by atoms with Crippen LogP contribution in [0.3, 0.4) is 0 Å². The Labute approximate surface area is 186 Å². The highest BCUT2D eigenvalue weighted by atomic mass is 19.1. The van der Waals surface area contributed by atoms with E-state index < -0.39 is 0 Å². The summed E-state index contributed by atoms with van der Waals surface area (Å²) >= 11 is 0. The van der Waals surface area contributed by atoms with Crippen LogP contribution in [0.15, 0.2) is 53.3 Å². The molecule has 1 aliphatic rings. The lowest BCUT2D eigenvalue weighted by Gasteiger charge is -2.15. The summed E-state index contributed by atoms with van der Waals surface area (Å²) < 4.78 is 21.4. The quantitative estimate of drug-likeness (QED) is 0.588. The summed E-state index contributed by atoms with van der Waals surface area (Å²) in [6.45, 7) is 5.52.